The summed E-state index contributed by atoms with van der Waals surface area (Å²) in [6.45, 7) is 12.8. The Hall–Kier alpha value is -4.87. The first-order valence-electron chi connectivity index (χ1n) is 14.7. The predicted octanol–water partition coefficient (Wildman–Crippen LogP) is 4.69. The van der Waals surface area contributed by atoms with E-state index >= 15 is 8.78 Å². The zero-order valence-corrected chi connectivity index (χ0v) is 25.1. The number of hydrogen-bond acceptors (Lipinski definition) is 8. The number of anilines is 3. The van der Waals surface area contributed by atoms with Crippen molar-refractivity contribution in [1.29, 1.82) is 0 Å². The lowest BCUT2D eigenvalue weighted by molar-refractivity contribution is -0.128. The molecule has 2 atom stereocenters. The molecular formula is C32H34F2N8O2. The van der Waals surface area contributed by atoms with E-state index < -0.39 is 17.3 Å². The van der Waals surface area contributed by atoms with Crippen LogP contribution in [0.5, 0.6) is 0 Å². The highest BCUT2D eigenvalue weighted by molar-refractivity contribution is 5.93. The average Bonchev–Trinajstić information content (AvgIpc) is 2.99. The van der Waals surface area contributed by atoms with Gasteiger partial charge in [-0.2, -0.15) is 4.98 Å². The molecule has 2 aliphatic rings. The average molecular weight is 601 g/mol. The normalized spacial score (nSPS) is 18.2. The number of hydrogen-bond donors (Lipinski definition) is 2. The fourth-order valence-electron chi connectivity index (χ4n) is 6.12. The highest BCUT2D eigenvalue weighted by Crippen LogP contribution is 2.37. The fourth-order valence-corrected chi connectivity index (χ4v) is 6.12. The molecule has 1 amide bonds. The Morgan fingerprint density at radius 1 is 1.05 bits per heavy atom. The molecule has 12 heteroatoms. The van der Waals surface area contributed by atoms with Crippen LogP contribution in [0.1, 0.15) is 39.3 Å². The van der Waals surface area contributed by atoms with Crippen molar-refractivity contribution < 1.29 is 13.6 Å². The highest BCUT2D eigenvalue weighted by atomic mass is 19.1. The molecule has 0 unspecified atom stereocenters. The number of benzene rings is 1. The number of aromatic nitrogens is 4. The van der Waals surface area contributed by atoms with Gasteiger partial charge in [0, 0.05) is 50.1 Å². The summed E-state index contributed by atoms with van der Waals surface area (Å²) in [6.07, 6.45) is 2.95. The Morgan fingerprint density at radius 3 is 2.52 bits per heavy atom. The van der Waals surface area contributed by atoms with Gasteiger partial charge in [-0.25, -0.2) is 23.1 Å². The SMILES string of the molecule is C=CC(=O)N1C[C@H](C)N(c2nc(=O)n3c4nc(c(F)cc24)-c2c(F)cccc2NCCNc2ccnc(C(C)C)c2-3)C[C@H]1C. The monoisotopic (exact) mass is 600 g/mol. The van der Waals surface area contributed by atoms with Gasteiger partial charge in [0.05, 0.1) is 28.0 Å². The minimum atomic E-state index is -0.759. The van der Waals surface area contributed by atoms with Crippen LogP contribution in [-0.4, -0.2) is 68.6 Å². The maximum atomic E-state index is 16.2. The smallest absolute Gasteiger partial charge is 0.355 e. The Bertz CT molecular complexity index is 1860. The van der Waals surface area contributed by atoms with Gasteiger partial charge in [0.1, 0.15) is 17.3 Å². The highest BCUT2D eigenvalue weighted by Gasteiger charge is 2.34. The molecule has 5 heterocycles. The summed E-state index contributed by atoms with van der Waals surface area (Å²) in [5, 5.41) is 6.86. The summed E-state index contributed by atoms with van der Waals surface area (Å²) in [5.74, 6) is -1.44. The standard InChI is InChI=1S/C32H34F2N8O2/c1-6-25(43)40-15-19(5)41(16-18(40)4)30-20-14-22(34)28-26-21(33)8-7-9-23(26)35-12-13-36-24-10-11-37-27(17(2)3)29(24)42(31(20)38-28)32(44)39-30/h6-11,14,17-19,35-36H,1,12-13,15-16H2,2-5H3/t18-,19+/m1/s1. The van der Waals surface area contributed by atoms with E-state index in [0.29, 0.717) is 48.9 Å². The van der Waals surface area contributed by atoms with Gasteiger partial charge in [0.25, 0.3) is 0 Å². The molecule has 2 N–H and O–H groups in total. The second-order valence-corrected chi connectivity index (χ2v) is 11.6. The van der Waals surface area contributed by atoms with Gasteiger partial charge in [-0.3, -0.25) is 9.78 Å². The third-order valence-electron chi connectivity index (χ3n) is 8.25. The van der Waals surface area contributed by atoms with Crippen LogP contribution in [0.4, 0.5) is 26.0 Å². The van der Waals surface area contributed by atoms with Gasteiger partial charge in [-0.15, -0.1) is 0 Å². The summed E-state index contributed by atoms with van der Waals surface area (Å²) in [4.78, 5) is 44.1. The van der Waals surface area contributed by atoms with Crippen LogP contribution in [0, 0.1) is 11.6 Å². The molecule has 6 rings (SSSR count). The number of carbonyl (C=O) groups is 1. The van der Waals surface area contributed by atoms with Crippen LogP contribution in [0.25, 0.3) is 28.0 Å². The topological polar surface area (TPSA) is 108 Å². The molecule has 2 bridgehead atoms. The van der Waals surface area contributed by atoms with Crippen LogP contribution in [0.2, 0.25) is 0 Å². The molecule has 0 radical (unpaired) electrons. The van der Waals surface area contributed by atoms with Crippen LogP contribution < -0.4 is 21.2 Å². The third-order valence-corrected chi connectivity index (χ3v) is 8.25. The van der Waals surface area contributed by atoms with Crippen LogP contribution in [0.15, 0.2) is 54.0 Å². The Kier molecular flexibility index (Phi) is 7.52. The molecular weight excluding hydrogens is 566 g/mol. The number of piperazine rings is 1. The molecule has 2 aliphatic heterocycles. The van der Waals surface area contributed by atoms with E-state index in [0.717, 1.165) is 0 Å². The molecule has 4 aromatic rings. The van der Waals surface area contributed by atoms with Crippen molar-refractivity contribution in [2.45, 2.75) is 45.7 Å². The van der Waals surface area contributed by atoms with Crippen LogP contribution >= 0.6 is 0 Å². The molecule has 0 aliphatic carbocycles. The largest absolute Gasteiger partial charge is 0.383 e. The first kappa shape index (κ1) is 29.2. The van der Waals surface area contributed by atoms with Gasteiger partial charge in [-0.1, -0.05) is 26.5 Å². The lowest BCUT2D eigenvalue weighted by atomic mass is 10.0. The quantitative estimate of drug-likeness (QED) is 0.326. The number of fused-ring (bicyclic) bond motifs is 5. The number of rotatable bonds is 3. The van der Waals surface area contributed by atoms with Gasteiger partial charge in [0.15, 0.2) is 11.5 Å². The minimum Gasteiger partial charge on any atom is -0.383 e. The van der Waals surface area contributed by atoms with Crippen molar-refractivity contribution in [3.63, 3.8) is 0 Å². The van der Waals surface area contributed by atoms with E-state index in [9.17, 15) is 9.59 Å². The van der Waals surface area contributed by atoms with Crippen molar-refractivity contribution in [2.75, 3.05) is 41.7 Å². The lowest BCUT2D eigenvalue weighted by Gasteiger charge is -2.44. The minimum absolute atomic E-state index is 0.0288. The number of carbonyl (C=O) groups excluding carboxylic acids is 1. The number of nitrogens with zero attached hydrogens (tertiary/aromatic N) is 6. The van der Waals surface area contributed by atoms with E-state index in [1.165, 1.54) is 22.8 Å². The van der Waals surface area contributed by atoms with E-state index in [1.54, 1.807) is 29.3 Å². The molecule has 0 saturated carbocycles. The predicted molar refractivity (Wildman–Crippen MR) is 168 cm³/mol. The summed E-state index contributed by atoms with van der Waals surface area (Å²) < 4.78 is 33.0. The summed E-state index contributed by atoms with van der Waals surface area (Å²) in [6, 6.07) is 7.02. The molecule has 1 saturated heterocycles. The second-order valence-electron chi connectivity index (χ2n) is 11.6. The Balaban J connectivity index is 1.69. The first-order valence-corrected chi connectivity index (χ1v) is 14.7. The van der Waals surface area contributed by atoms with Crippen molar-refractivity contribution in [3.05, 3.63) is 77.0 Å². The summed E-state index contributed by atoms with van der Waals surface area (Å²) >= 11 is 0. The van der Waals surface area contributed by atoms with E-state index in [4.69, 9.17) is 4.98 Å². The Labute approximate surface area is 253 Å². The molecule has 1 fully saturated rings. The van der Waals surface area contributed by atoms with Crippen LogP contribution in [0.3, 0.4) is 0 Å². The number of halogens is 2. The van der Waals surface area contributed by atoms with Gasteiger partial charge in [0.2, 0.25) is 5.91 Å². The summed E-state index contributed by atoms with van der Waals surface area (Å²) in [5.41, 5.74) is 1.32. The van der Waals surface area contributed by atoms with Crippen LogP contribution in [-0.2, 0) is 4.79 Å². The first-order chi connectivity index (χ1) is 21.1. The van der Waals surface area contributed by atoms with Crippen molar-refractivity contribution in [1.82, 2.24) is 24.4 Å². The number of amides is 1. The molecule has 1 aromatic carbocycles. The molecule has 228 valence electrons. The molecule has 0 spiro atoms. The second kappa shape index (κ2) is 11.3. The molecule has 10 nitrogen and oxygen atoms in total. The van der Waals surface area contributed by atoms with Crippen molar-refractivity contribution in [3.8, 4) is 16.9 Å². The van der Waals surface area contributed by atoms with E-state index in [-0.39, 0.29) is 52.0 Å². The van der Waals surface area contributed by atoms with Gasteiger partial charge < -0.3 is 20.4 Å². The fraction of sp³-hybridized carbons (Fsp3) is 0.344. The van der Waals surface area contributed by atoms with Gasteiger partial charge >= 0.3 is 5.69 Å². The van der Waals surface area contributed by atoms with Gasteiger partial charge in [-0.05, 0) is 50.1 Å². The summed E-state index contributed by atoms with van der Waals surface area (Å²) in [7, 11) is 0. The maximum absolute atomic E-state index is 16.2. The maximum Gasteiger partial charge on any atom is 0.355 e. The Morgan fingerprint density at radius 2 is 1.80 bits per heavy atom. The zero-order valence-electron chi connectivity index (χ0n) is 25.1. The molecule has 3 aromatic heterocycles. The number of nitrogens with one attached hydrogen (secondary N) is 2. The van der Waals surface area contributed by atoms with E-state index in [1.807, 2.05) is 32.6 Å². The molecule has 44 heavy (non-hydrogen) atoms. The lowest BCUT2D eigenvalue weighted by Crippen LogP contribution is -2.58. The van der Waals surface area contributed by atoms with E-state index in [2.05, 4.69) is 27.2 Å². The zero-order chi connectivity index (χ0) is 31.3. The third kappa shape index (κ3) is 4.83. The van der Waals surface area contributed by atoms with Crippen molar-refractivity contribution in [2.24, 2.45) is 0 Å². The van der Waals surface area contributed by atoms with Crippen molar-refractivity contribution >= 4 is 34.1 Å². The number of pyridine rings is 2.